The van der Waals surface area contributed by atoms with Gasteiger partial charge in [-0.05, 0) is 42.8 Å². The van der Waals surface area contributed by atoms with E-state index in [2.05, 4.69) is 10.3 Å². The van der Waals surface area contributed by atoms with E-state index < -0.39 is 0 Å². The van der Waals surface area contributed by atoms with Gasteiger partial charge in [-0.1, -0.05) is 12.1 Å². The van der Waals surface area contributed by atoms with Crippen molar-refractivity contribution in [3.63, 3.8) is 0 Å². The number of anilines is 1. The second kappa shape index (κ2) is 6.13. The van der Waals surface area contributed by atoms with E-state index in [0.29, 0.717) is 12.4 Å². The predicted octanol–water partition coefficient (Wildman–Crippen LogP) is 4.39. The van der Waals surface area contributed by atoms with E-state index in [1.807, 2.05) is 55.5 Å². The number of aryl methyl sites for hydroxylation is 1. The largest absolute Gasteiger partial charge is 0.467 e. The lowest BCUT2D eigenvalue weighted by molar-refractivity contribution is 0.462. The standard InChI is InChI=1S/C17H16N2O2/c1-13-4-2-5-15(10-13)21-17-8-7-14(11-19-17)18-12-16-6-3-9-20-16/h2-11,18H,12H2,1H3. The van der Waals surface area contributed by atoms with Crippen LogP contribution in [0.15, 0.2) is 65.4 Å². The molecule has 0 aliphatic heterocycles. The van der Waals surface area contributed by atoms with Crippen molar-refractivity contribution in [2.24, 2.45) is 0 Å². The summed E-state index contributed by atoms with van der Waals surface area (Å²) in [7, 11) is 0. The highest BCUT2D eigenvalue weighted by Gasteiger charge is 2.00. The van der Waals surface area contributed by atoms with Gasteiger partial charge in [0.15, 0.2) is 0 Å². The Hall–Kier alpha value is -2.75. The van der Waals surface area contributed by atoms with Gasteiger partial charge in [0.05, 0.1) is 24.7 Å². The van der Waals surface area contributed by atoms with Crippen molar-refractivity contribution in [3.8, 4) is 11.6 Å². The molecule has 0 bridgehead atoms. The Bertz CT molecular complexity index is 691. The summed E-state index contributed by atoms with van der Waals surface area (Å²) in [4.78, 5) is 4.29. The molecule has 0 aliphatic rings. The zero-order valence-corrected chi connectivity index (χ0v) is 11.7. The third kappa shape index (κ3) is 3.63. The fraction of sp³-hybridized carbons (Fsp3) is 0.118. The van der Waals surface area contributed by atoms with Crippen molar-refractivity contribution in [2.75, 3.05) is 5.32 Å². The number of nitrogens with zero attached hydrogens (tertiary/aromatic N) is 1. The van der Waals surface area contributed by atoms with E-state index in [1.165, 1.54) is 0 Å². The minimum atomic E-state index is 0.573. The van der Waals surface area contributed by atoms with Gasteiger partial charge in [0.2, 0.25) is 5.88 Å². The van der Waals surface area contributed by atoms with Crippen LogP contribution in [0.4, 0.5) is 5.69 Å². The molecule has 2 aromatic heterocycles. The molecule has 3 aromatic rings. The van der Waals surface area contributed by atoms with E-state index in [9.17, 15) is 0 Å². The van der Waals surface area contributed by atoms with Crippen LogP contribution < -0.4 is 10.1 Å². The fourth-order valence-electron chi connectivity index (χ4n) is 1.95. The highest BCUT2D eigenvalue weighted by Crippen LogP contribution is 2.21. The minimum Gasteiger partial charge on any atom is -0.467 e. The SMILES string of the molecule is Cc1cccc(Oc2ccc(NCc3ccco3)cn2)c1. The van der Waals surface area contributed by atoms with E-state index in [4.69, 9.17) is 9.15 Å². The lowest BCUT2D eigenvalue weighted by atomic mass is 10.2. The monoisotopic (exact) mass is 280 g/mol. The molecule has 106 valence electrons. The Balaban J connectivity index is 1.61. The Morgan fingerprint density at radius 1 is 1.14 bits per heavy atom. The van der Waals surface area contributed by atoms with Gasteiger partial charge < -0.3 is 14.5 Å². The van der Waals surface area contributed by atoms with Crippen LogP contribution in [0.1, 0.15) is 11.3 Å². The molecular formula is C17H16N2O2. The highest BCUT2D eigenvalue weighted by atomic mass is 16.5. The Labute approximate surface area is 123 Å². The van der Waals surface area contributed by atoms with Crippen molar-refractivity contribution >= 4 is 5.69 Å². The predicted molar refractivity (Wildman–Crippen MR) is 81.5 cm³/mol. The third-order valence-electron chi connectivity index (χ3n) is 3.00. The summed E-state index contributed by atoms with van der Waals surface area (Å²) in [6.45, 7) is 2.66. The molecule has 0 aliphatic carbocycles. The van der Waals surface area contributed by atoms with Crippen LogP contribution in [0, 0.1) is 6.92 Å². The molecule has 0 atom stereocenters. The molecular weight excluding hydrogens is 264 g/mol. The average Bonchev–Trinajstić information content (AvgIpc) is 3.00. The van der Waals surface area contributed by atoms with Gasteiger partial charge in [-0.3, -0.25) is 0 Å². The number of rotatable bonds is 5. The van der Waals surface area contributed by atoms with Crippen molar-refractivity contribution in [1.29, 1.82) is 0 Å². The molecule has 0 saturated carbocycles. The van der Waals surface area contributed by atoms with Gasteiger partial charge in [-0.25, -0.2) is 4.98 Å². The van der Waals surface area contributed by atoms with Crippen molar-refractivity contribution < 1.29 is 9.15 Å². The quantitative estimate of drug-likeness (QED) is 0.753. The highest BCUT2D eigenvalue weighted by molar-refractivity contribution is 5.43. The van der Waals surface area contributed by atoms with Crippen LogP contribution in [0.5, 0.6) is 11.6 Å². The summed E-state index contributed by atoms with van der Waals surface area (Å²) in [6, 6.07) is 15.5. The van der Waals surface area contributed by atoms with E-state index in [1.54, 1.807) is 12.5 Å². The number of hydrogen-bond acceptors (Lipinski definition) is 4. The maximum atomic E-state index is 5.71. The lowest BCUT2D eigenvalue weighted by Crippen LogP contribution is -1.98. The third-order valence-corrected chi connectivity index (χ3v) is 3.00. The first-order chi connectivity index (χ1) is 10.3. The number of pyridine rings is 1. The van der Waals surface area contributed by atoms with Crippen LogP contribution in [0.2, 0.25) is 0 Å². The van der Waals surface area contributed by atoms with Gasteiger partial charge in [-0.15, -0.1) is 0 Å². The maximum Gasteiger partial charge on any atom is 0.219 e. The van der Waals surface area contributed by atoms with Gasteiger partial charge in [0.1, 0.15) is 11.5 Å². The van der Waals surface area contributed by atoms with E-state index >= 15 is 0 Å². The summed E-state index contributed by atoms with van der Waals surface area (Å²) in [5.41, 5.74) is 2.08. The van der Waals surface area contributed by atoms with Gasteiger partial charge >= 0.3 is 0 Å². The fourth-order valence-corrected chi connectivity index (χ4v) is 1.95. The molecule has 3 rings (SSSR count). The van der Waals surface area contributed by atoms with E-state index in [-0.39, 0.29) is 0 Å². The molecule has 2 heterocycles. The first kappa shape index (κ1) is 13.2. The van der Waals surface area contributed by atoms with Crippen LogP contribution >= 0.6 is 0 Å². The summed E-state index contributed by atoms with van der Waals surface area (Å²) in [5.74, 6) is 2.25. The number of nitrogens with one attached hydrogen (secondary N) is 1. The topological polar surface area (TPSA) is 47.3 Å². The van der Waals surface area contributed by atoms with Crippen molar-refractivity contribution in [3.05, 3.63) is 72.3 Å². The molecule has 0 radical (unpaired) electrons. The second-order valence-corrected chi connectivity index (χ2v) is 4.74. The molecule has 0 unspecified atom stereocenters. The molecule has 0 fully saturated rings. The summed E-state index contributed by atoms with van der Waals surface area (Å²) in [5, 5.41) is 3.24. The first-order valence-electron chi connectivity index (χ1n) is 6.76. The summed E-state index contributed by atoms with van der Waals surface area (Å²) in [6.07, 6.45) is 3.40. The number of ether oxygens (including phenoxy) is 1. The average molecular weight is 280 g/mol. The Kier molecular flexibility index (Phi) is 3.87. The normalized spacial score (nSPS) is 10.3. The molecule has 21 heavy (non-hydrogen) atoms. The van der Waals surface area contributed by atoms with Crippen LogP contribution in [0.3, 0.4) is 0 Å². The van der Waals surface area contributed by atoms with Gasteiger partial charge in [-0.2, -0.15) is 0 Å². The van der Waals surface area contributed by atoms with Crippen molar-refractivity contribution in [2.45, 2.75) is 13.5 Å². The molecule has 1 aromatic carbocycles. The number of hydrogen-bond donors (Lipinski definition) is 1. The number of furan rings is 1. The van der Waals surface area contributed by atoms with Crippen LogP contribution in [-0.2, 0) is 6.54 Å². The molecule has 0 amide bonds. The first-order valence-corrected chi connectivity index (χ1v) is 6.76. The van der Waals surface area contributed by atoms with E-state index in [0.717, 1.165) is 22.8 Å². The summed E-state index contributed by atoms with van der Waals surface area (Å²) >= 11 is 0. The van der Waals surface area contributed by atoms with Gasteiger partial charge in [0, 0.05) is 6.07 Å². The maximum absolute atomic E-state index is 5.71. The molecule has 4 heteroatoms. The van der Waals surface area contributed by atoms with Crippen LogP contribution in [-0.4, -0.2) is 4.98 Å². The van der Waals surface area contributed by atoms with Crippen LogP contribution in [0.25, 0.3) is 0 Å². The smallest absolute Gasteiger partial charge is 0.219 e. The molecule has 0 spiro atoms. The Morgan fingerprint density at radius 3 is 2.81 bits per heavy atom. The molecule has 4 nitrogen and oxygen atoms in total. The minimum absolute atomic E-state index is 0.573. The zero-order chi connectivity index (χ0) is 14.5. The van der Waals surface area contributed by atoms with Gasteiger partial charge in [0.25, 0.3) is 0 Å². The van der Waals surface area contributed by atoms with Crippen molar-refractivity contribution in [1.82, 2.24) is 4.98 Å². The number of benzene rings is 1. The second-order valence-electron chi connectivity index (χ2n) is 4.74. The summed E-state index contributed by atoms with van der Waals surface area (Å²) < 4.78 is 11.0. The number of aromatic nitrogens is 1. The zero-order valence-electron chi connectivity index (χ0n) is 11.7. The lowest BCUT2D eigenvalue weighted by Gasteiger charge is -2.07. The molecule has 1 N–H and O–H groups in total. The Morgan fingerprint density at radius 2 is 2.10 bits per heavy atom. The molecule has 0 saturated heterocycles.